The quantitative estimate of drug-likeness (QED) is 0.494. The predicted molar refractivity (Wildman–Crippen MR) is 62.8 cm³/mol. The summed E-state index contributed by atoms with van der Waals surface area (Å²) in [6.45, 7) is 12.3. The second kappa shape index (κ2) is 6.62. The highest BCUT2D eigenvalue weighted by atomic mass is 16.5. The Bertz CT molecular complexity index is 196. The Kier molecular flexibility index (Phi) is 6.25. The topological polar surface area (TPSA) is 29.5 Å². The van der Waals surface area contributed by atoms with E-state index >= 15 is 0 Å². The molecular formula is C12H23NO2. The summed E-state index contributed by atoms with van der Waals surface area (Å²) in [5, 5.41) is 0. The maximum Gasteiger partial charge on any atom is 0.293 e. The molecule has 0 saturated carbocycles. The third kappa shape index (κ3) is 9.47. The molecule has 0 N–H and O–H groups in total. The highest BCUT2D eigenvalue weighted by molar-refractivity contribution is 5.37. The van der Waals surface area contributed by atoms with E-state index in [1.165, 1.54) is 31.5 Å². The summed E-state index contributed by atoms with van der Waals surface area (Å²) >= 11 is 0. The van der Waals surface area contributed by atoms with Crippen LogP contribution in [0.4, 0.5) is 0 Å². The summed E-state index contributed by atoms with van der Waals surface area (Å²) in [5.41, 5.74) is 1.10. The fraction of sp³-hybridized carbons (Fsp3) is 0.750. The first-order valence-corrected chi connectivity index (χ1v) is 5.32. The third-order valence-electron chi connectivity index (χ3n) is 2.10. The van der Waals surface area contributed by atoms with Crippen molar-refractivity contribution in [2.75, 3.05) is 20.1 Å². The molecule has 0 aromatic heterocycles. The van der Waals surface area contributed by atoms with Crippen LogP contribution >= 0.6 is 0 Å². The Morgan fingerprint density at radius 1 is 1.33 bits per heavy atom. The van der Waals surface area contributed by atoms with Gasteiger partial charge in [0.05, 0.1) is 0 Å². The second-order valence-electron chi connectivity index (χ2n) is 4.88. The number of nitrogens with zero attached hydrogens (tertiary/aromatic N) is 1. The zero-order valence-electron chi connectivity index (χ0n) is 10.4. The molecule has 0 bridgehead atoms. The number of hydrogen-bond donors (Lipinski definition) is 0. The SMILES string of the molecule is C=C1CCN(C)CC1.CC(C)(C)OC=O. The Morgan fingerprint density at radius 3 is 2.00 bits per heavy atom. The molecule has 0 spiro atoms. The lowest BCUT2D eigenvalue weighted by atomic mass is 10.1. The van der Waals surface area contributed by atoms with E-state index in [0.29, 0.717) is 6.47 Å². The first-order chi connectivity index (χ1) is 6.85. The van der Waals surface area contributed by atoms with Crippen molar-refractivity contribution in [2.45, 2.75) is 39.2 Å². The second-order valence-corrected chi connectivity index (χ2v) is 4.88. The number of ether oxygens (including phenoxy) is 1. The number of likely N-dealkylation sites (tertiary alicyclic amines) is 1. The van der Waals surface area contributed by atoms with Crippen LogP contribution in [0.5, 0.6) is 0 Å². The normalized spacial score (nSPS) is 17.7. The van der Waals surface area contributed by atoms with Gasteiger partial charge in [0, 0.05) is 13.1 Å². The van der Waals surface area contributed by atoms with Gasteiger partial charge in [0.1, 0.15) is 5.60 Å². The summed E-state index contributed by atoms with van der Waals surface area (Å²) in [6, 6.07) is 0. The van der Waals surface area contributed by atoms with Crippen LogP contribution in [0.15, 0.2) is 12.2 Å². The fourth-order valence-electron chi connectivity index (χ4n) is 1.08. The zero-order chi connectivity index (χ0) is 11.9. The number of piperidine rings is 1. The van der Waals surface area contributed by atoms with Crippen LogP contribution in [0.3, 0.4) is 0 Å². The molecule has 1 aliphatic rings. The minimum Gasteiger partial charge on any atom is -0.462 e. The molecular weight excluding hydrogens is 190 g/mol. The predicted octanol–water partition coefficient (Wildman–Crippen LogP) is 2.23. The van der Waals surface area contributed by atoms with Crippen LogP contribution in [-0.2, 0) is 9.53 Å². The summed E-state index contributed by atoms with van der Waals surface area (Å²) in [4.78, 5) is 11.9. The van der Waals surface area contributed by atoms with Crippen LogP contribution in [-0.4, -0.2) is 37.1 Å². The number of carbonyl (C=O) groups excluding carboxylic acids is 1. The molecule has 0 aromatic rings. The van der Waals surface area contributed by atoms with E-state index in [9.17, 15) is 4.79 Å². The van der Waals surface area contributed by atoms with Crippen LogP contribution in [0, 0.1) is 0 Å². The highest BCUT2D eigenvalue weighted by Crippen LogP contribution is 2.10. The van der Waals surface area contributed by atoms with E-state index < -0.39 is 0 Å². The van der Waals surface area contributed by atoms with Crippen molar-refractivity contribution < 1.29 is 9.53 Å². The van der Waals surface area contributed by atoms with E-state index in [4.69, 9.17) is 0 Å². The summed E-state index contributed by atoms with van der Waals surface area (Å²) in [7, 11) is 2.16. The van der Waals surface area contributed by atoms with Gasteiger partial charge in [0.15, 0.2) is 0 Å². The van der Waals surface area contributed by atoms with Gasteiger partial charge in [0.2, 0.25) is 0 Å². The van der Waals surface area contributed by atoms with E-state index in [-0.39, 0.29) is 5.60 Å². The smallest absolute Gasteiger partial charge is 0.293 e. The van der Waals surface area contributed by atoms with E-state index in [0.717, 1.165) is 0 Å². The molecule has 1 heterocycles. The average molecular weight is 213 g/mol. The molecule has 15 heavy (non-hydrogen) atoms. The Morgan fingerprint density at radius 2 is 1.80 bits per heavy atom. The van der Waals surface area contributed by atoms with E-state index in [1.54, 1.807) is 0 Å². The van der Waals surface area contributed by atoms with Crippen molar-refractivity contribution in [2.24, 2.45) is 0 Å². The lowest BCUT2D eigenvalue weighted by Crippen LogP contribution is -2.25. The average Bonchev–Trinajstić information content (AvgIpc) is 2.09. The first kappa shape index (κ1) is 14.2. The monoisotopic (exact) mass is 213 g/mol. The number of rotatable bonds is 1. The maximum absolute atomic E-state index is 9.60. The molecule has 1 saturated heterocycles. The molecule has 3 heteroatoms. The van der Waals surface area contributed by atoms with Gasteiger partial charge < -0.3 is 9.64 Å². The Hall–Kier alpha value is -0.830. The lowest BCUT2D eigenvalue weighted by molar-refractivity contribution is -0.138. The van der Waals surface area contributed by atoms with Crippen LogP contribution in [0.1, 0.15) is 33.6 Å². The van der Waals surface area contributed by atoms with Gasteiger partial charge in [-0.15, -0.1) is 0 Å². The Labute approximate surface area is 93.1 Å². The van der Waals surface area contributed by atoms with Gasteiger partial charge in [-0.3, -0.25) is 4.79 Å². The van der Waals surface area contributed by atoms with Gasteiger partial charge in [0.25, 0.3) is 6.47 Å². The van der Waals surface area contributed by atoms with Gasteiger partial charge in [-0.1, -0.05) is 12.2 Å². The zero-order valence-corrected chi connectivity index (χ0v) is 10.4. The number of hydrogen-bond acceptors (Lipinski definition) is 3. The molecule has 0 aliphatic carbocycles. The van der Waals surface area contributed by atoms with Crippen molar-refractivity contribution in [1.29, 1.82) is 0 Å². The van der Waals surface area contributed by atoms with Gasteiger partial charge in [-0.2, -0.15) is 0 Å². The van der Waals surface area contributed by atoms with Gasteiger partial charge in [-0.25, -0.2) is 0 Å². The highest BCUT2D eigenvalue weighted by Gasteiger charge is 2.07. The van der Waals surface area contributed by atoms with Crippen molar-refractivity contribution in [3.63, 3.8) is 0 Å². The fourth-order valence-corrected chi connectivity index (χ4v) is 1.08. The standard InChI is InChI=1S/C7H13N.C5H10O2/c1-7-3-5-8(2)6-4-7;1-5(2,3)7-4-6/h1,3-6H2,2H3;4H,1-3H3. The maximum atomic E-state index is 9.60. The molecule has 1 fully saturated rings. The van der Waals surface area contributed by atoms with Crippen molar-refractivity contribution in [3.8, 4) is 0 Å². The minimum absolute atomic E-state index is 0.318. The Balaban J connectivity index is 0.000000265. The van der Waals surface area contributed by atoms with Crippen LogP contribution in [0.2, 0.25) is 0 Å². The molecule has 0 atom stereocenters. The lowest BCUT2D eigenvalue weighted by Gasteiger charge is -2.22. The molecule has 1 aliphatic heterocycles. The molecule has 0 amide bonds. The largest absolute Gasteiger partial charge is 0.462 e. The molecule has 88 valence electrons. The minimum atomic E-state index is -0.318. The molecule has 0 radical (unpaired) electrons. The van der Waals surface area contributed by atoms with Crippen molar-refractivity contribution in [3.05, 3.63) is 12.2 Å². The van der Waals surface area contributed by atoms with Crippen molar-refractivity contribution >= 4 is 6.47 Å². The van der Waals surface area contributed by atoms with Gasteiger partial charge >= 0.3 is 0 Å². The molecule has 0 unspecified atom stereocenters. The summed E-state index contributed by atoms with van der Waals surface area (Å²) in [6.07, 6.45) is 2.41. The van der Waals surface area contributed by atoms with Gasteiger partial charge in [-0.05, 0) is 40.7 Å². The molecule has 1 rings (SSSR count). The molecule has 3 nitrogen and oxygen atoms in total. The van der Waals surface area contributed by atoms with E-state index in [1.807, 2.05) is 20.8 Å². The van der Waals surface area contributed by atoms with Crippen molar-refractivity contribution in [1.82, 2.24) is 4.90 Å². The summed E-state index contributed by atoms with van der Waals surface area (Å²) < 4.78 is 4.55. The van der Waals surface area contributed by atoms with E-state index in [2.05, 4.69) is 23.3 Å². The third-order valence-corrected chi connectivity index (χ3v) is 2.10. The van der Waals surface area contributed by atoms with Crippen LogP contribution < -0.4 is 0 Å². The van der Waals surface area contributed by atoms with Crippen LogP contribution in [0.25, 0.3) is 0 Å². The molecule has 0 aromatic carbocycles. The number of carbonyl (C=O) groups is 1. The first-order valence-electron chi connectivity index (χ1n) is 5.32. The summed E-state index contributed by atoms with van der Waals surface area (Å²) in [5.74, 6) is 0.